The second kappa shape index (κ2) is 6.60. The number of nitrogens with one attached hydrogen (secondary N) is 1. The first-order valence-corrected chi connectivity index (χ1v) is 8.99. The number of aromatic nitrogens is 6. The van der Waals surface area contributed by atoms with Crippen LogP contribution >= 0.6 is 0 Å². The molecule has 1 atom stereocenters. The van der Waals surface area contributed by atoms with E-state index in [4.69, 9.17) is 14.7 Å². The number of nitrogen functional groups attached to an aromatic ring is 1. The molecule has 0 aliphatic carbocycles. The van der Waals surface area contributed by atoms with Gasteiger partial charge in [-0.1, -0.05) is 5.16 Å². The Morgan fingerprint density at radius 1 is 1.32 bits per heavy atom. The van der Waals surface area contributed by atoms with Crippen LogP contribution in [-0.4, -0.2) is 53.8 Å². The van der Waals surface area contributed by atoms with E-state index in [0.29, 0.717) is 23.3 Å². The van der Waals surface area contributed by atoms with Gasteiger partial charge < -0.3 is 20.0 Å². The van der Waals surface area contributed by atoms with Crippen molar-refractivity contribution >= 4 is 17.7 Å². The molecule has 0 unspecified atom stereocenters. The van der Waals surface area contributed by atoms with Crippen molar-refractivity contribution in [2.24, 2.45) is 0 Å². The molecule has 4 aromatic heterocycles. The molecule has 1 fully saturated rings. The van der Waals surface area contributed by atoms with Crippen molar-refractivity contribution < 1.29 is 8.94 Å². The molecule has 5 heterocycles. The highest BCUT2D eigenvalue weighted by Gasteiger charge is 2.24. The molecule has 0 amide bonds. The maximum atomic E-state index is 6.04. The second-order valence-electron chi connectivity index (χ2n) is 6.82. The molecule has 1 aliphatic heterocycles. The Bertz CT molecular complexity index is 1100. The molecule has 0 aromatic carbocycles. The van der Waals surface area contributed by atoms with Gasteiger partial charge in [0.05, 0.1) is 12.0 Å². The molecule has 0 spiro atoms. The van der Waals surface area contributed by atoms with Crippen LogP contribution in [0.2, 0.25) is 0 Å². The fraction of sp³-hybridized carbons (Fsp3) is 0.353. The Balaban J connectivity index is 1.30. The van der Waals surface area contributed by atoms with Crippen molar-refractivity contribution in [2.75, 3.05) is 24.1 Å². The standard InChI is InChI=1S/C17H19N9O2/c1-10-7-12(24-28-10)9-25-5-4-11(8-25)19-16-21-15(18)26-17(22-16)20-14(23-26)13-3-2-6-27-13/h2-3,6-7,11H,4-5,8-9H2,1H3,(H3,18,19,20,21,22,23)/t11-/m0/s1. The summed E-state index contributed by atoms with van der Waals surface area (Å²) in [6, 6.07) is 5.72. The van der Waals surface area contributed by atoms with Crippen LogP contribution < -0.4 is 11.1 Å². The molecule has 11 heteroatoms. The van der Waals surface area contributed by atoms with Gasteiger partial charge in [-0.25, -0.2) is 0 Å². The van der Waals surface area contributed by atoms with Crippen LogP contribution in [0.25, 0.3) is 17.4 Å². The van der Waals surface area contributed by atoms with Crippen molar-refractivity contribution in [1.82, 2.24) is 34.6 Å². The molecule has 4 aromatic rings. The minimum atomic E-state index is 0.210. The van der Waals surface area contributed by atoms with Gasteiger partial charge in [-0.2, -0.15) is 19.5 Å². The summed E-state index contributed by atoms with van der Waals surface area (Å²) < 4.78 is 11.9. The summed E-state index contributed by atoms with van der Waals surface area (Å²) >= 11 is 0. The lowest BCUT2D eigenvalue weighted by molar-refractivity contribution is 0.309. The van der Waals surface area contributed by atoms with E-state index in [-0.39, 0.29) is 12.0 Å². The summed E-state index contributed by atoms with van der Waals surface area (Å²) in [6.07, 6.45) is 2.53. The number of hydrogen-bond donors (Lipinski definition) is 2. The molecule has 144 valence electrons. The van der Waals surface area contributed by atoms with Crippen LogP contribution in [0.15, 0.2) is 33.4 Å². The smallest absolute Gasteiger partial charge is 0.259 e. The van der Waals surface area contributed by atoms with E-state index >= 15 is 0 Å². The lowest BCUT2D eigenvalue weighted by Crippen LogP contribution is -2.27. The number of fused-ring (bicyclic) bond motifs is 1. The molecule has 0 bridgehead atoms. The second-order valence-corrected chi connectivity index (χ2v) is 6.82. The van der Waals surface area contributed by atoms with Gasteiger partial charge in [0.25, 0.3) is 5.78 Å². The third kappa shape index (κ3) is 3.16. The van der Waals surface area contributed by atoms with E-state index in [2.05, 4.69) is 35.4 Å². The average molecular weight is 381 g/mol. The quantitative estimate of drug-likeness (QED) is 0.521. The molecule has 1 saturated heterocycles. The first-order chi connectivity index (χ1) is 13.6. The number of likely N-dealkylation sites (tertiary alicyclic amines) is 1. The SMILES string of the molecule is Cc1cc(CN2CC[C@H](Nc3nc(N)n4nc(-c5ccco5)nc4n3)C2)no1. The van der Waals surface area contributed by atoms with Crippen molar-refractivity contribution in [3.63, 3.8) is 0 Å². The normalized spacial score (nSPS) is 17.5. The Morgan fingerprint density at radius 3 is 3.04 bits per heavy atom. The highest BCUT2D eigenvalue weighted by molar-refractivity contribution is 5.52. The van der Waals surface area contributed by atoms with Crippen molar-refractivity contribution in [3.8, 4) is 11.6 Å². The number of anilines is 2. The fourth-order valence-electron chi connectivity index (χ4n) is 3.38. The maximum Gasteiger partial charge on any atom is 0.259 e. The Hall–Kier alpha value is -3.47. The third-order valence-corrected chi connectivity index (χ3v) is 4.64. The lowest BCUT2D eigenvalue weighted by Gasteiger charge is -2.15. The topological polar surface area (TPSA) is 136 Å². The molecule has 5 rings (SSSR count). The van der Waals surface area contributed by atoms with Gasteiger partial charge >= 0.3 is 0 Å². The van der Waals surface area contributed by atoms with Gasteiger partial charge in [-0.05, 0) is 25.5 Å². The van der Waals surface area contributed by atoms with Gasteiger partial charge in [0.1, 0.15) is 5.76 Å². The minimum absolute atomic E-state index is 0.210. The molecule has 0 radical (unpaired) electrons. The average Bonchev–Trinajstić information content (AvgIpc) is 3.43. The highest BCUT2D eigenvalue weighted by atomic mass is 16.5. The summed E-state index contributed by atoms with van der Waals surface area (Å²) in [5, 5.41) is 11.7. The van der Waals surface area contributed by atoms with Crippen molar-refractivity contribution in [1.29, 1.82) is 0 Å². The monoisotopic (exact) mass is 381 g/mol. The van der Waals surface area contributed by atoms with Crippen LogP contribution in [0.1, 0.15) is 17.9 Å². The molecular formula is C17H19N9O2. The van der Waals surface area contributed by atoms with E-state index in [9.17, 15) is 0 Å². The Kier molecular flexibility index (Phi) is 3.93. The number of nitrogens with zero attached hydrogens (tertiary/aromatic N) is 7. The van der Waals surface area contributed by atoms with Gasteiger partial charge in [-0.3, -0.25) is 4.90 Å². The zero-order valence-corrected chi connectivity index (χ0v) is 15.2. The highest BCUT2D eigenvalue weighted by Crippen LogP contribution is 2.20. The van der Waals surface area contributed by atoms with Gasteiger partial charge in [0, 0.05) is 31.7 Å². The number of aryl methyl sites for hydroxylation is 1. The van der Waals surface area contributed by atoms with Gasteiger partial charge in [0.2, 0.25) is 17.7 Å². The Morgan fingerprint density at radius 2 is 2.25 bits per heavy atom. The summed E-state index contributed by atoms with van der Waals surface area (Å²) in [5.74, 6) is 2.81. The number of nitrogens with two attached hydrogens (primary N) is 1. The number of furan rings is 1. The van der Waals surface area contributed by atoms with E-state index in [0.717, 1.165) is 37.5 Å². The summed E-state index contributed by atoms with van der Waals surface area (Å²) in [7, 11) is 0. The lowest BCUT2D eigenvalue weighted by atomic mass is 10.3. The number of hydrogen-bond acceptors (Lipinski definition) is 10. The Labute approximate surface area is 159 Å². The van der Waals surface area contributed by atoms with Crippen LogP contribution in [0.3, 0.4) is 0 Å². The van der Waals surface area contributed by atoms with Gasteiger partial charge in [-0.15, -0.1) is 5.10 Å². The first kappa shape index (κ1) is 16.7. The molecule has 1 aliphatic rings. The summed E-state index contributed by atoms with van der Waals surface area (Å²) in [4.78, 5) is 15.4. The summed E-state index contributed by atoms with van der Waals surface area (Å²) in [6.45, 7) is 4.46. The van der Waals surface area contributed by atoms with E-state index in [1.165, 1.54) is 4.52 Å². The third-order valence-electron chi connectivity index (χ3n) is 4.64. The molecule has 0 saturated carbocycles. The van der Waals surface area contributed by atoms with Crippen molar-refractivity contribution in [3.05, 3.63) is 35.9 Å². The molecule has 3 N–H and O–H groups in total. The first-order valence-electron chi connectivity index (χ1n) is 8.99. The van der Waals surface area contributed by atoms with Crippen molar-refractivity contribution in [2.45, 2.75) is 25.9 Å². The number of rotatable bonds is 5. The predicted octanol–water partition coefficient (Wildman–Crippen LogP) is 1.34. The molecular weight excluding hydrogens is 362 g/mol. The van der Waals surface area contributed by atoms with E-state index in [1.54, 1.807) is 18.4 Å². The molecule has 28 heavy (non-hydrogen) atoms. The fourth-order valence-corrected chi connectivity index (χ4v) is 3.38. The predicted molar refractivity (Wildman–Crippen MR) is 99.2 cm³/mol. The van der Waals surface area contributed by atoms with E-state index in [1.807, 2.05) is 13.0 Å². The zero-order chi connectivity index (χ0) is 19.1. The zero-order valence-electron chi connectivity index (χ0n) is 15.2. The molecule has 11 nitrogen and oxygen atoms in total. The van der Waals surface area contributed by atoms with E-state index < -0.39 is 0 Å². The van der Waals surface area contributed by atoms with Gasteiger partial charge in [0.15, 0.2) is 5.76 Å². The van der Waals surface area contributed by atoms with Crippen LogP contribution in [0.5, 0.6) is 0 Å². The summed E-state index contributed by atoms with van der Waals surface area (Å²) in [5.41, 5.74) is 6.98. The van der Waals surface area contributed by atoms with Crippen LogP contribution in [0, 0.1) is 6.92 Å². The van der Waals surface area contributed by atoms with Crippen LogP contribution in [0.4, 0.5) is 11.9 Å². The minimum Gasteiger partial charge on any atom is -0.461 e. The largest absolute Gasteiger partial charge is 0.461 e. The van der Waals surface area contributed by atoms with Crippen LogP contribution in [-0.2, 0) is 6.54 Å². The maximum absolute atomic E-state index is 6.04.